The van der Waals surface area contributed by atoms with Gasteiger partial charge in [-0.3, -0.25) is 14.0 Å². The maximum absolute atomic E-state index is 14.1. The Morgan fingerprint density at radius 1 is 0.909 bits per heavy atom. The summed E-state index contributed by atoms with van der Waals surface area (Å²) in [5.41, 5.74) is 3.61. The minimum absolute atomic E-state index is 0.00335. The highest BCUT2D eigenvalue weighted by Crippen LogP contribution is 2.44. The zero-order valence-electron chi connectivity index (χ0n) is 26.7. The van der Waals surface area contributed by atoms with Gasteiger partial charge >= 0.3 is 6.09 Å². The first-order valence-electron chi connectivity index (χ1n) is 16.2. The third kappa shape index (κ3) is 6.91. The van der Waals surface area contributed by atoms with Crippen LogP contribution in [0.5, 0.6) is 0 Å². The second kappa shape index (κ2) is 13.5. The Kier molecular flexibility index (Phi) is 9.89. The van der Waals surface area contributed by atoms with Gasteiger partial charge in [0, 0.05) is 32.5 Å². The summed E-state index contributed by atoms with van der Waals surface area (Å²) >= 11 is 0. The number of carbonyl (C=O) groups is 2. The van der Waals surface area contributed by atoms with Gasteiger partial charge in [0.25, 0.3) is 0 Å². The average molecular weight is 625 g/mol. The monoisotopic (exact) mass is 624 g/mol. The molecule has 1 saturated carbocycles. The molecule has 1 spiro atoms. The molecule has 5 rings (SSSR count). The molecule has 2 aromatic carbocycles. The van der Waals surface area contributed by atoms with Crippen molar-refractivity contribution in [2.75, 3.05) is 47.0 Å². The summed E-state index contributed by atoms with van der Waals surface area (Å²) in [6.45, 7) is 5.46. The van der Waals surface area contributed by atoms with Crippen molar-refractivity contribution in [1.29, 1.82) is 0 Å². The van der Waals surface area contributed by atoms with E-state index < -0.39 is 10.0 Å². The highest BCUT2D eigenvalue weighted by atomic mass is 32.2. The Bertz CT molecular complexity index is 1430. The van der Waals surface area contributed by atoms with Crippen LogP contribution >= 0.6 is 0 Å². The molecule has 1 N–H and O–H groups in total. The van der Waals surface area contributed by atoms with E-state index in [-0.39, 0.29) is 29.6 Å². The van der Waals surface area contributed by atoms with Gasteiger partial charge in [-0.05, 0) is 68.1 Å². The number of ether oxygens (including phenoxy) is 1. The van der Waals surface area contributed by atoms with Crippen molar-refractivity contribution in [3.63, 3.8) is 0 Å². The van der Waals surface area contributed by atoms with Gasteiger partial charge in [0.1, 0.15) is 6.10 Å². The summed E-state index contributed by atoms with van der Waals surface area (Å²) in [6, 6.07) is 12.8. The van der Waals surface area contributed by atoms with Gasteiger partial charge in [-0.25, -0.2) is 13.2 Å². The maximum atomic E-state index is 14.1. The molecule has 2 fully saturated rings. The number of hydrogen-bond donors (Lipinski definition) is 1. The SMILES string of the molecule is CC(=O)N1c2ccc(-c3ccc(N(C)S(C)(=O)=O)cc3)cc2N(C(=O)OC2CNCCC23CCCCCCCCC3)C[C@@H]1C. The number of rotatable bonds is 4. The molecule has 9 nitrogen and oxygen atoms in total. The Balaban J connectivity index is 1.45. The molecule has 3 aliphatic rings. The van der Waals surface area contributed by atoms with E-state index in [1.54, 1.807) is 28.9 Å². The number of nitrogens with zero attached hydrogens (tertiary/aromatic N) is 3. The predicted octanol–water partition coefficient (Wildman–Crippen LogP) is 6.32. The van der Waals surface area contributed by atoms with E-state index in [4.69, 9.17) is 4.74 Å². The molecular weight excluding hydrogens is 576 g/mol. The van der Waals surface area contributed by atoms with E-state index in [0.29, 0.717) is 30.2 Å². The fourth-order valence-electron chi connectivity index (χ4n) is 7.35. The van der Waals surface area contributed by atoms with Crippen LogP contribution in [0.15, 0.2) is 42.5 Å². The summed E-state index contributed by atoms with van der Waals surface area (Å²) in [5.74, 6) is -0.0791. The lowest BCUT2D eigenvalue weighted by Crippen LogP contribution is -2.55. The summed E-state index contributed by atoms with van der Waals surface area (Å²) in [5, 5.41) is 3.49. The zero-order valence-corrected chi connectivity index (χ0v) is 27.5. The number of sulfonamides is 1. The van der Waals surface area contributed by atoms with E-state index in [0.717, 1.165) is 36.9 Å². The van der Waals surface area contributed by atoms with Crippen LogP contribution in [0.1, 0.15) is 78.1 Å². The molecule has 2 heterocycles. The van der Waals surface area contributed by atoms with Crippen molar-refractivity contribution in [3.8, 4) is 11.1 Å². The Morgan fingerprint density at radius 2 is 1.52 bits per heavy atom. The van der Waals surface area contributed by atoms with E-state index in [2.05, 4.69) is 5.32 Å². The van der Waals surface area contributed by atoms with Crippen LogP contribution in [0, 0.1) is 5.41 Å². The highest BCUT2D eigenvalue weighted by molar-refractivity contribution is 7.92. The van der Waals surface area contributed by atoms with Crippen LogP contribution in [0.4, 0.5) is 21.9 Å². The fourth-order valence-corrected chi connectivity index (χ4v) is 7.85. The van der Waals surface area contributed by atoms with Gasteiger partial charge in [-0.15, -0.1) is 0 Å². The minimum Gasteiger partial charge on any atom is -0.444 e. The van der Waals surface area contributed by atoms with Crippen LogP contribution in [0.25, 0.3) is 11.1 Å². The number of anilines is 3. The number of nitrogens with one attached hydrogen (secondary N) is 1. The molecule has 44 heavy (non-hydrogen) atoms. The second-order valence-corrected chi connectivity index (χ2v) is 15.0. The van der Waals surface area contributed by atoms with Gasteiger partial charge in [0.15, 0.2) is 0 Å². The number of hydrogen-bond acceptors (Lipinski definition) is 6. The molecule has 1 aliphatic carbocycles. The van der Waals surface area contributed by atoms with E-state index >= 15 is 0 Å². The Hall–Kier alpha value is -3.11. The standard InChI is InChI=1S/C34H48N4O5S/c1-25-24-37(33(40)43-32-23-35-21-20-34(32)18-10-8-6-5-7-9-11-19-34)31-22-28(14-17-30(31)38(25)26(2)39)27-12-15-29(16-13-27)36(3)44(4,41)42/h12-17,22,25,32,35H,5-11,18-21,23-24H2,1-4H3/t25-,32?/m0/s1. The van der Waals surface area contributed by atoms with Crippen LogP contribution in [0.3, 0.4) is 0 Å². The van der Waals surface area contributed by atoms with Crippen LogP contribution in [-0.2, 0) is 19.6 Å². The average Bonchev–Trinajstić information content (AvgIpc) is 3.00. The molecule has 1 saturated heterocycles. The topological polar surface area (TPSA) is 99.3 Å². The number of piperidine rings is 1. The Morgan fingerprint density at radius 3 is 2.14 bits per heavy atom. The fraction of sp³-hybridized carbons (Fsp3) is 0.588. The smallest absolute Gasteiger partial charge is 0.414 e. The lowest BCUT2D eigenvalue weighted by molar-refractivity contribution is -0.117. The number of benzene rings is 2. The van der Waals surface area contributed by atoms with Crippen LogP contribution in [0.2, 0.25) is 0 Å². The van der Waals surface area contributed by atoms with Gasteiger partial charge in [0.2, 0.25) is 15.9 Å². The Labute approximate surface area is 263 Å². The van der Waals surface area contributed by atoms with Crippen molar-refractivity contribution < 1.29 is 22.7 Å². The van der Waals surface area contributed by atoms with E-state index in [1.165, 1.54) is 62.6 Å². The molecule has 240 valence electrons. The summed E-state index contributed by atoms with van der Waals surface area (Å²) in [6.07, 6.45) is 12.5. The van der Waals surface area contributed by atoms with Crippen molar-refractivity contribution >= 4 is 39.1 Å². The molecule has 0 radical (unpaired) electrons. The quantitative estimate of drug-likeness (QED) is 0.428. The molecule has 2 amide bonds. The number of carbonyl (C=O) groups excluding carboxylic acids is 2. The van der Waals surface area contributed by atoms with E-state index in [9.17, 15) is 18.0 Å². The molecule has 0 aromatic heterocycles. The lowest BCUT2D eigenvalue weighted by Gasteiger charge is -2.46. The molecule has 0 bridgehead atoms. The molecule has 2 aromatic rings. The third-order valence-electron chi connectivity index (χ3n) is 9.94. The molecule has 1 unspecified atom stereocenters. The van der Waals surface area contributed by atoms with Crippen molar-refractivity contribution in [2.24, 2.45) is 5.41 Å². The van der Waals surface area contributed by atoms with Crippen molar-refractivity contribution in [3.05, 3.63) is 42.5 Å². The molecular formula is C34H48N4O5S. The first kappa shape index (κ1) is 32.3. The summed E-state index contributed by atoms with van der Waals surface area (Å²) in [4.78, 5) is 30.3. The van der Waals surface area contributed by atoms with Gasteiger partial charge in [-0.1, -0.05) is 63.1 Å². The zero-order chi connectivity index (χ0) is 31.5. The number of amides is 2. The van der Waals surface area contributed by atoms with E-state index in [1.807, 2.05) is 37.3 Å². The van der Waals surface area contributed by atoms with Crippen molar-refractivity contribution in [2.45, 2.75) is 90.2 Å². The predicted molar refractivity (Wildman–Crippen MR) is 177 cm³/mol. The van der Waals surface area contributed by atoms with Gasteiger partial charge in [-0.2, -0.15) is 0 Å². The normalized spacial score (nSPS) is 22.6. The van der Waals surface area contributed by atoms with Crippen molar-refractivity contribution in [1.82, 2.24) is 5.32 Å². The maximum Gasteiger partial charge on any atom is 0.414 e. The molecule has 2 atom stereocenters. The second-order valence-electron chi connectivity index (χ2n) is 13.0. The first-order valence-corrected chi connectivity index (χ1v) is 18.0. The van der Waals surface area contributed by atoms with Gasteiger partial charge in [0.05, 0.1) is 29.4 Å². The summed E-state index contributed by atoms with van der Waals surface area (Å²) in [7, 11) is -1.85. The largest absolute Gasteiger partial charge is 0.444 e. The number of fused-ring (bicyclic) bond motifs is 1. The molecule has 10 heteroatoms. The minimum atomic E-state index is -3.38. The van der Waals surface area contributed by atoms with Gasteiger partial charge < -0.3 is 15.0 Å². The van der Waals surface area contributed by atoms with Crippen LogP contribution in [-0.4, -0.2) is 65.5 Å². The summed E-state index contributed by atoms with van der Waals surface area (Å²) < 4.78 is 31.7. The molecule has 2 aliphatic heterocycles. The first-order chi connectivity index (χ1) is 21.0. The lowest BCUT2D eigenvalue weighted by atomic mass is 9.69. The van der Waals surface area contributed by atoms with Crippen LogP contribution < -0.4 is 19.4 Å². The third-order valence-corrected chi connectivity index (χ3v) is 11.1. The highest BCUT2D eigenvalue weighted by Gasteiger charge is 2.44.